The summed E-state index contributed by atoms with van der Waals surface area (Å²) in [6.07, 6.45) is 3.75. The third kappa shape index (κ3) is 2.93. The maximum absolute atomic E-state index is 11.6. The van der Waals surface area contributed by atoms with Gasteiger partial charge in [0.1, 0.15) is 5.82 Å². The number of amides is 1. The smallest absolute Gasteiger partial charge is 0.231 e. The van der Waals surface area contributed by atoms with Crippen LogP contribution in [0.25, 0.3) is 0 Å². The maximum atomic E-state index is 11.6. The lowest BCUT2D eigenvalue weighted by atomic mass is 10.3. The average Bonchev–Trinajstić information content (AvgIpc) is 2.70. The second-order valence-corrected chi connectivity index (χ2v) is 4.20. The molecular weight excluding hydrogens is 270 g/mol. The van der Waals surface area contributed by atoms with Crippen molar-refractivity contribution < 1.29 is 4.79 Å². The zero-order chi connectivity index (χ0) is 11.4. The van der Waals surface area contributed by atoms with Gasteiger partial charge in [0, 0.05) is 22.6 Å². The molecule has 0 aliphatic heterocycles. The fourth-order valence-electron chi connectivity index (χ4n) is 1.31. The van der Waals surface area contributed by atoms with Crippen LogP contribution < -0.4 is 5.32 Å². The molecule has 0 aliphatic rings. The fourth-order valence-corrected chi connectivity index (χ4v) is 1.65. The number of aromatic nitrogens is 2. The van der Waals surface area contributed by atoms with Gasteiger partial charge in [-0.25, -0.2) is 4.98 Å². The number of pyridine rings is 1. The molecule has 0 radical (unpaired) electrons. The number of carbonyl (C=O) groups is 1. The van der Waals surface area contributed by atoms with Crippen LogP contribution in [0.4, 0.5) is 5.82 Å². The third-order valence-electron chi connectivity index (χ3n) is 2.00. The van der Waals surface area contributed by atoms with Gasteiger partial charge in [-0.2, -0.15) is 0 Å². The number of carbonyl (C=O) groups excluding carboxylic acids is 1. The first kappa shape index (κ1) is 10.9. The van der Waals surface area contributed by atoms with Gasteiger partial charge in [0.05, 0.1) is 6.42 Å². The molecule has 0 aliphatic carbocycles. The predicted octanol–water partition coefficient (Wildman–Crippen LogP) is 2.35. The number of halogens is 1. The van der Waals surface area contributed by atoms with Crippen molar-refractivity contribution in [2.45, 2.75) is 6.42 Å². The number of nitrogens with one attached hydrogen (secondary N) is 2. The number of H-pyrrole nitrogens is 1. The predicted molar refractivity (Wildman–Crippen MR) is 65.1 cm³/mol. The van der Waals surface area contributed by atoms with Crippen LogP contribution in [-0.2, 0) is 11.2 Å². The highest BCUT2D eigenvalue weighted by Crippen LogP contribution is 2.12. The number of hydrogen-bond acceptors (Lipinski definition) is 2. The van der Waals surface area contributed by atoms with E-state index in [-0.39, 0.29) is 5.91 Å². The monoisotopic (exact) mass is 279 g/mol. The van der Waals surface area contributed by atoms with E-state index in [1.807, 2.05) is 12.1 Å². The van der Waals surface area contributed by atoms with E-state index in [1.165, 1.54) is 0 Å². The van der Waals surface area contributed by atoms with E-state index in [4.69, 9.17) is 0 Å². The van der Waals surface area contributed by atoms with Crippen LogP contribution in [0.1, 0.15) is 5.69 Å². The van der Waals surface area contributed by atoms with E-state index < -0.39 is 0 Å². The summed E-state index contributed by atoms with van der Waals surface area (Å²) in [6.45, 7) is 0. The van der Waals surface area contributed by atoms with Gasteiger partial charge in [0.25, 0.3) is 0 Å². The van der Waals surface area contributed by atoms with Crippen LogP contribution in [0.2, 0.25) is 0 Å². The number of aromatic amines is 1. The van der Waals surface area contributed by atoms with Crippen molar-refractivity contribution in [1.82, 2.24) is 9.97 Å². The Bertz CT molecular complexity index is 482. The number of hydrogen-bond donors (Lipinski definition) is 2. The van der Waals surface area contributed by atoms with Gasteiger partial charge in [-0.1, -0.05) is 15.9 Å². The summed E-state index contributed by atoms with van der Waals surface area (Å²) in [5.41, 5.74) is 0.882. The molecule has 5 heteroatoms. The summed E-state index contributed by atoms with van der Waals surface area (Å²) >= 11 is 3.32. The topological polar surface area (TPSA) is 57.8 Å². The van der Waals surface area contributed by atoms with E-state index >= 15 is 0 Å². The molecule has 0 fully saturated rings. The Balaban J connectivity index is 1.97. The lowest BCUT2D eigenvalue weighted by Gasteiger charge is -2.03. The first-order valence-electron chi connectivity index (χ1n) is 4.78. The summed E-state index contributed by atoms with van der Waals surface area (Å²) < 4.78 is 0.887. The quantitative estimate of drug-likeness (QED) is 0.906. The summed E-state index contributed by atoms with van der Waals surface area (Å²) in [5, 5.41) is 2.72. The van der Waals surface area contributed by atoms with Crippen molar-refractivity contribution >= 4 is 27.7 Å². The highest BCUT2D eigenvalue weighted by molar-refractivity contribution is 9.10. The molecule has 0 saturated heterocycles. The van der Waals surface area contributed by atoms with Gasteiger partial charge in [0.15, 0.2) is 0 Å². The van der Waals surface area contributed by atoms with Crippen LogP contribution in [0.5, 0.6) is 0 Å². The summed E-state index contributed by atoms with van der Waals surface area (Å²) in [6, 6.07) is 7.29. The molecule has 0 bridgehead atoms. The molecule has 0 aromatic carbocycles. The van der Waals surface area contributed by atoms with Crippen molar-refractivity contribution in [3.8, 4) is 0 Å². The van der Waals surface area contributed by atoms with Gasteiger partial charge in [0.2, 0.25) is 5.91 Å². The van der Waals surface area contributed by atoms with Gasteiger partial charge in [-0.15, -0.1) is 0 Å². The normalized spacial score (nSPS) is 10.1. The third-order valence-corrected chi connectivity index (χ3v) is 2.50. The Labute approximate surface area is 101 Å². The fraction of sp³-hybridized carbons (Fsp3) is 0.0909. The molecule has 82 valence electrons. The summed E-state index contributed by atoms with van der Waals surface area (Å²) in [5.74, 6) is 0.457. The zero-order valence-electron chi connectivity index (χ0n) is 8.40. The minimum absolute atomic E-state index is 0.0898. The molecule has 0 unspecified atom stereocenters. The lowest BCUT2D eigenvalue weighted by Crippen LogP contribution is -2.15. The molecule has 1 amide bonds. The largest absolute Gasteiger partial charge is 0.365 e. The van der Waals surface area contributed by atoms with Crippen LogP contribution in [0.3, 0.4) is 0 Å². The van der Waals surface area contributed by atoms with Crippen LogP contribution in [0.15, 0.2) is 41.1 Å². The summed E-state index contributed by atoms with van der Waals surface area (Å²) in [7, 11) is 0. The van der Waals surface area contributed by atoms with E-state index in [0.717, 1.165) is 10.2 Å². The maximum Gasteiger partial charge on any atom is 0.231 e. The first-order valence-corrected chi connectivity index (χ1v) is 5.57. The van der Waals surface area contributed by atoms with Crippen molar-refractivity contribution in [2.24, 2.45) is 0 Å². The zero-order valence-corrected chi connectivity index (χ0v) is 9.99. The molecule has 2 aromatic heterocycles. The van der Waals surface area contributed by atoms with Crippen LogP contribution in [0, 0.1) is 0 Å². The molecule has 2 heterocycles. The molecular formula is C11H10BrN3O. The van der Waals surface area contributed by atoms with Gasteiger partial charge < -0.3 is 10.3 Å². The highest BCUT2D eigenvalue weighted by Gasteiger charge is 2.05. The van der Waals surface area contributed by atoms with Crippen molar-refractivity contribution in [2.75, 3.05) is 5.32 Å². The number of nitrogens with zero attached hydrogens (tertiary/aromatic N) is 1. The average molecular weight is 280 g/mol. The van der Waals surface area contributed by atoms with E-state index in [9.17, 15) is 4.79 Å². The second-order valence-electron chi connectivity index (χ2n) is 3.28. The van der Waals surface area contributed by atoms with Crippen LogP contribution >= 0.6 is 15.9 Å². The summed E-state index contributed by atoms with van der Waals surface area (Å²) in [4.78, 5) is 18.6. The molecule has 0 atom stereocenters. The minimum Gasteiger partial charge on any atom is -0.365 e. The number of rotatable bonds is 3. The Morgan fingerprint density at radius 2 is 2.38 bits per heavy atom. The molecule has 2 N–H and O–H groups in total. The van der Waals surface area contributed by atoms with Crippen molar-refractivity contribution in [3.05, 3.63) is 46.8 Å². The van der Waals surface area contributed by atoms with E-state index in [1.54, 1.807) is 24.5 Å². The van der Waals surface area contributed by atoms with Crippen LogP contribution in [-0.4, -0.2) is 15.9 Å². The van der Waals surface area contributed by atoms with Gasteiger partial charge >= 0.3 is 0 Å². The lowest BCUT2D eigenvalue weighted by molar-refractivity contribution is -0.115. The Kier molecular flexibility index (Phi) is 3.36. The number of anilines is 1. The van der Waals surface area contributed by atoms with Gasteiger partial charge in [-0.05, 0) is 24.3 Å². The molecule has 0 saturated carbocycles. The molecule has 2 aromatic rings. The second kappa shape index (κ2) is 4.94. The van der Waals surface area contributed by atoms with Crippen molar-refractivity contribution in [1.29, 1.82) is 0 Å². The molecule has 0 spiro atoms. The minimum atomic E-state index is -0.0898. The van der Waals surface area contributed by atoms with E-state index in [0.29, 0.717) is 12.2 Å². The highest BCUT2D eigenvalue weighted by atomic mass is 79.9. The Hall–Kier alpha value is -1.62. The Morgan fingerprint density at radius 1 is 1.50 bits per heavy atom. The van der Waals surface area contributed by atoms with Gasteiger partial charge in [-0.3, -0.25) is 4.79 Å². The SMILES string of the molecule is O=C(Cc1ccc[nH]1)Nc1cc(Br)ccn1. The first-order chi connectivity index (χ1) is 7.74. The molecule has 4 nitrogen and oxygen atoms in total. The standard InChI is InChI=1S/C11H10BrN3O/c12-8-3-5-14-10(6-8)15-11(16)7-9-2-1-4-13-9/h1-6,13H,7H2,(H,14,15,16). The molecule has 2 rings (SSSR count). The molecule has 16 heavy (non-hydrogen) atoms. The Morgan fingerprint density at radius 3 is 3.06 bits per heavy atom. The van der Waals surface area contributed by atoms with Crippen molar-refractivity contribution in [3.63, 3.8) is 0 Å². The van der Waals surface area contributed by atoms with E-state index in [2.05, 4.69) is 31.2 Å².